The zero-order chi connectivity index (χ0) is 15.0. The number of hydrogen-bond donors (Lipinski definition) is 2. The van der Waals surface area contributed by atoms with Gasteiger partial charge in [-0.3, -0.25) is 9.52 Å². The van der Waals surface area contributed by atoms with Gasteiger partial charge in [-0.05, 0) is 30.5 Å². The quantitative estimate of drug-likeness (QED) is 0.907. The topological polar surface area (TPSA) is 84.5 Å². The molecule has 0 bridgehead atoms. The second-order valence-corrected chi connectivity index (χ2v) is 7.32. The number of thiophene rings is 1. The van der Waals surface area contributed by atoms with Gasteiger partial charge in [-0.15, -0.1) is 11.3 Å². The molecule has 21 heavy (non-hydrogen) atoms. The fourth-order valence-corrected chi connectivity index (χ4v) is 3.99. The first-order valence-corrected chi connectivity index (χ1v) is 8.50. The molecule has 6 nitrogen and oxygen atoms in total. The van der Waals surface area contributed by atoms with Gasteiger partial charge in [0.2, 0.25) is 0 Å². The summed E-state index contributed by atoms with van der Waals surface area (Å²) in [6.45, 7) is 1.63. The molecule has 0 fully saturated rings. The van der Waals surface area contributed by atoms with Crippen LogP contribution in [-0.4, -0.2) is 20.4 Å². The highest BCUT2D eigenvalue weighted by atomic mass is 32.2. The summed E-state index contributed by atoms with van der Waals surface area (Å²) >= 11 is 1.12. The van der Waals surface area contributed by atoms with E-state index in [1.54, 1.807) is 36.6 Å². The van der Waals surface area contributed by atoms with E-state index < -0.39 is 16.1 Å². The van der Waals surface area contributed by atoms with Crippen molar-refractivity contribution in [3.63, 3.8) is 0 Å². The zero-order valence-electron chi connectivity index (χ0n) is 11.0. The molecule has 2 N–H and O–H groups in total. The predicted octanol–water partition coefficient (Wildman–Crippen LogP) is 2.27. The van der Waals surface area contributed by atoms with E-state index in [2.05, 4.69) is 10.0 Å². The van der Waals surface area contributed by atoms with Gasteiger partial charge in [0.1, 0.15) is 15.6 Å². The van der Waals surface area contributed by atoms with Crippen LogP contribution >= 0.6 is 11.3 Å². The van der Waals surface area contributed by atoms with E-state index in [-0.39, 0.29) is 15.8 Å². The highest BCUT2D eigenvalue weighted by Crippen LogP contribution is 2.37. The first-order valence-electron chi connectivity index (χ1n) is 6.14. The first-order chi connectivity index (χ1) is 9.97. The van der Waals surface area contributed by atoms with Gasteiger partial charge in [0.15, 0.2) is 6.10 Å². The number of sulfonamides is 1. The lowest BCUT2D eigenvalue weighted by atomic mass is 10.2. The lowest BCUT2D eigenvalue weighted by molar-refractivity contribution is -0.122. The summed E-state index contributed by atoms with van der Waals surface area (Å²) < 4.78 is 32.6. The molecule has 3 rings (SSSR count). The molecule has 1 atom stereocenters. The van der Waals surface area contributed by atoms with Crippen molar-refractivity contribution in [3.05, 3.63) is 35.7 Å². The number of benzene rings is 1. The average Bonchev–Trinajstić information content (AvgIpc) is 2.95. The van der Waals surface area contributed by atoms with Crippen molar-refractivity contribution in [2.45, 2.75) is 17.2 Å². The fraction of sp³-hybridized carbons (Fsp3) is 0.154. The molecule has 110 valence electrons. The highest BCUT2D eigenvalue weighted by molar-refractivity contribution is 7.94. The number of ether oxygens (including phenoxy) is 1. The summed E-state index contributed by atoms with van der Waals surface area (Å²) in [4.78, 5) is 11.7. The normalized spacial score (nSPS) is 17.6. The van der Waals surface area contributed by atoms with Crippen LogP contribution in [0.25, 0.3) is 0 Å². The van der Waals surface area contributed by atoms with Gasteiger partial charge in [0.05, 0.1) is 5.69 Å². The highest BCUT2D eigenvalue weighted by Gasteiger charge is 2.27. The van der Waals surface area contributed by atoms with Crippen LogP contribution < -0.4 is 14.8 Å². The van der Waals surface area contributed by atoms with Crippen LogP contribution in [0.1, 0.15) is 6.92 Å². The number of fused-ring (bicyclic) bond motifs is 1. The Bertz CT molecular complexity index is 785. The Morgan fingerprint density at radius 2 is 2.10 bits per heavy atom. The van der Waals surface area contributed by atoms with Gasteiger partial charge in [0.25, 0.3) is 15.9 Å². The molecule has 0 saturated heterocycles. The maximum Gasteiger partial charge on any atom is 0.271 e. The molecule has 1 aromatic heterocycles. The average molecular weight is 324 g/mol. The van der Waals surface area contributed by atoms with E-state index in [0.29, 0.717) is 11.4 Å². The fourth-order valence-electron chi connectivity index (χ4n) is 1.92. The molecule has 1 amide bonds. The monoisotopic (exact) mass is 324 g/mol. The summed E-state index contributed by atoms with van der Waals surface area (Å²) in [5.41, 5.74) is 0.613. The van der Waals surface area contributed by atoms with Crippen LogP contribution in [0.4, 0.5) is 11.4 Å². The molecule has 2 heterocycles. The van der Waals surface area contributed by atoms with Crippen molar-refractivity contribution in [1.29, 1.82) is 0 Å². The van der Waals surface area contributed by atoms with Crippen LogP contribution in [0.15, 0.2) is 39.9 Å². The van der Waals surface area contributed by atoms with Crippen molar-refractivity contribution in [3.8, 4) is 5.75 Å². The smallest absolute Gasteiger partial charge is 0.271 e. The second-order valence-electron chi connectivity index (χ2n) is 4.47. The van der Waals surface area contributed by atoms with E-state index in [4.69, 9.17) is 4.74 Å². The lowest BCUT2D eigenvalue weighted by Gasteiger charge is -2.25. The molecular formula is C13H12N2O4S2. The van der Waals surface area contributed by atoms with Gasteiger partial charge in [-0.2, -0.15) is 0 Å². The minimum absolute atomic E-state index is 0.205. The van der Waals surface area contributed by atoms with E-state index in [1.807, 2.05) is 0 Å². The molecular weight excluding hydrogens is 312 g/mol. The van der Waals surface area contributed by atoms with E-state index in [1.165, 1.54) is 6.07 Å². The number of carbonyl (C=O) groups is 1. The van der Waals surface area contributed by atoms with Crippen molar-refractivity contribution >= 4 is 38.6 Å². The van der Waals surface area contributed by atoms with Gasteiger partial charge < -0.3 is 10.1 Å². The third kappa shape index (κ3) is 2.59. The van der Waals surface area contributed by atoms with Crippen molar-refractivity contribution < 1.29 is 17.9 Å². The summed E-state index contributed by atoms with van der Waals surface area (Å²) in [5, 5.41) is 4.34. The maximum absolute atomic E-state index is 12.2. The Morgan fingerprint density at radius 1 is 1.29 bits per heavy atom. The minimum Gasteiger partial charge on any atom is -0.479 e. The van der Waals surface area contributed by atoms with E-state index >= 15 is 0 Å². The van der Waals surface area contributed by atoms with Crippen LogP contribution in [-0.2, 0) is 14.8 Å². The van der Waals surface area contributed by atoms with Crippen LogP contribution in [0.5, 0.6) is 5.75 Å². The third-order valence-electron chi connectivity index (χ3n) is 2.95. The summed E-state index contributed by atoms with van der Waals surface area (Å²) in [6, 6.07) is 8.08. The van der Waals surface area contributed by atoms with Gasteiger partial charge >= 0.3 is 0 Å². The van der Waals surface area contributed by atoms with E-state index in [9.17, 15) is 13.2 Å². The number of rotatable bonds is 3. The molecule has 2 aromatic rings. The number of anilines is 2. The Kier molecular flexibility index (Phi) is 3.34. The van der Waals surface area contributed by atoms with E-state index in [0.717, 1.165) is 11.3 Å². The van der Waals surface area contributed by atoms with Gasteiger partial charge in [-0.25, -0.2) is 8.42 Å². The number of amides is 1. The lowest BCUT2D eigenvalue weighted by Crippen LogP contribution is -2.34. The van der Waals surface area contributed by atoms with Crippen LogP contribution in [0.3, 0.4) is 0 Å². The Labute approximate surface area is 125 Å². The Hall–Kier alpha value is -2.06. The summed E-state index contributed by atoms with van der Waals surface area (Å²) in [5.74, 6) is 0.124. The van der Waals surface area contributed by atoms with Crippen molar-refractivity contribution in [2.75, 3.05) is 10.0 Å². The SMILES string of the molecule is CC1Oc2cccc(NS(=O)(=O)c3cccs3)c2NC1=O. The molecule has 1 unspecified atom stereocenters. The molecule has 1 aromatic carbocycles. The van der Waals surface area contributed by atoms with Gasteiger partial charge in [-0.1, -0.05) is 12.1 Å². The largest absolute Gasteiger partial charge is 0.479 e. The van der Waals surface area contributed by atoms with Crippen molar-refractivity contribution in [1.82, 2.24) is 0 Å². The maximum atomic E-state index is 12.2. The number of hydrogen-bond acceptors (Lipinski definition) is 5. The summed E-state index contributed by atoms with van der Waals surface area (Å²) in [7, 11) is -3.67. The molecule has 0 aliphatic carbocycles. The van der Waals surface area contributed by atoms with Crippen LogP contribution in [0.2, 0.25) is 0 Å². The Balaban J connectivity index is 1.98. The second kappa shape index (κ2) is 5.05. The molecule has 0 radical (unpaired) electrons. The first kappa shape index (κ1) is 13.9. The molecule has 1 aliphatic rings. The standard InChI is InChI=1S/C13H12N2O4S2/c1-8-13(16)14-12-9(4-2-5-10(12)19-8)15-21(17,18)11-6-3-7-20-11/h2-8,15H,1H3,(H,14,16). The third-order valence-corrected chi connectivity index (χ3v) is 5.71. The molecule has 0 saturated carbocycles. The summed E-state index contributed by atoms with van der Waals surface area (Å²) in [6.07, 6.45) is -0.610. The molecule has 0 spiro atoms. The minimum atomic E-state index is -3.67. The molecule has 8 heteroatoms. The molecule has 1 aliphatic heterocycles. The van der Waals surface area contributed by atoms with Crippen molar-refractivity contribution in [2.24, 2.45) is 0 Å². The number of para-hydroxylation sites is 1. The van der Waals surface area contributed by atoms with Crippen LogP contribution in [0, 0.1) is 0 Å². The zero-order valence-corrected chi connectivity index (χ0v) is 12.6. The Morgan fingerprint density at radius 3 is 2.81 bits per heavy atom. The van der Waals surface area contributed by atoms with Gasteiger partial charge in [0, 0.05) is 0 Å². The number of nitrogens with one attached hydrogen (secondary N) is 2. The number of carbonyl (C=O) groups excluding carboxylic acids is 1. The predicted molar refractivity (Wildman–Crippen MR) is 80.3 cm³/mol.